The first kappa shape index (κ1) is 24.4. The molecule has 0 bridgehead atoms. The van der Waals surface area contributed by atoms with Gasteiger partial charge in [-0.2, -0.15) is 14.0 Å². The predicted octanol–water partition coefficient (Wildman–Crippen LogP) is 4.30. The zero-order chi connectivity index (χ0) is 24.2. The summed E-state index contributed by atoms with van der Waals surface area (Å²) in [5, 5.41) is 9.33. The molecule has 13 heteroatoms. The molecule has 1 heterocycles. The minimum absolute atomic E-state index is 0.00398. The van der Waals surface area contributed by atoms with E-state index in [0.29, 0.717) is 16.8 Å². The molecule has 0 saturated heterocycles. The molecule has 2 aromatic carbocycles. The average Bonchev–Trinajstić information content (AvgIpc) is 3.13. The number of thiazole rings is 1. The third-order valence-corrected chi connectivity index (χ3v) is 5.93. The maximum atomic E-state index is 12.4. The summed E-state index contributed by atoms with van der Waals surface area (Å²) in [6.45, 7) is -2.75. The highest BCUT2D eigenvalue weighted by atomic mass is 35.5. The first-order valence-corrected chi connectivity index (χ1v) is 12.1. The number of rotatable bonds is 8. The van der Waals surface area contributed by atoms with Gasteiger partial charge < -0.3 is 9.64 Å². The van der Waals surface area contributed by atoms with Gasteiger partial charge in [0.1, 0.15) is 10.1 Å². The third kappa shape index (κ3) is 6.61. The van der Waals surface area contributed by atoms with Gasteiger partial charge in [-0.25, -0.2) is 18.1 Å². The van der Waals surface area contributed by atoms with Crippen LogP contribution in [0.1, 0.15) is 21.6 Å². The number of anilines is 2. The first-order chi connectivity index (χ1) is 15.6. The summed E-state index contributed by atoms with van der Waals surface area (Å²) in [7, 11) is -3.82. The van der Waals surface area contributed by atoms with Gasteiger partial charge in [0, 0.05) is 5.69 Å². The van der Waals surface area contributed by atoms with Crippen molar-refractivity contribution in [1.82, 2.24) is 9.71 Å². The number of sulfonamides is 1. The zero-order valence-corrected chi connectivity index (χ0v) is 19.2. The topological polar surface area (TPSA) is 112 Å². The van der Waals surface area contributed by atoms with Crippen molar-refractivity contribution in [1.29, 1.82) is 5.26 Å². The number of halogens is 3. The van der Waals surface area contributed by atoms with E-state index in [1.165, 1.54) is 12.1 Å². The Morgan fingerprint density at radius 2 is 1.88 bits per heavy atom. The Morgan fingerprint density at radius 1 is 1.24 bits per heavy atom. The molecule has 1 amide bonds. The summed E-state index contributed by atoms with van der Waals surface area (Å²) in [6.07, 6.45) is 0.830. The minimum atomic E-state index is -3.82. The Morgan fingerprint density at radius 3 is 2.42 bits per heavy atom. The molecule has 0 aliphatic rings. The summed E-state index contributed by atoms with van der Waals surface area (Å²) in [5.74, 6) is -0.978. The van der Waals surface area contributed by atoms with Crippen molar-refractivity contribution in [2.45, 2.75) is 13.2 Å². The van der Waals surface area contributed by atoms with Gasteiger partial charge in [-0.1, -0.05) is 35.1 Å². The van der Waals surface area contributed by atoms with Crippen LogP contribution >= 0.6 is 22.9 Å². The van der Waals surface area contributed by atoms with E-state index in [1.54, 1.807) is 41.3 Å². The lowest BCUT2D eigenvalue weighted by Gasteiger charge is -2.22. The molecule has 1 aromatic heterocycles. The highest BCUT2D eigenvalue weighted by Crippen LogP contribution is 2.36. The summed E-state index contributed by atoms with van der Waals surface area (Å²) in [5.41, 5.74) is 1.45. The molecule has 0 spiro atoms. The number of carbonyl (C=O) groups excluding carboxylic acids is 1. The number of nitrogens with zero attached hydrogens (tertiary/aromatic N) is 3. The quantitative estimate of drug-likeness (QED) is 0.479. The van der Waals surface area contributed by atoms with Crippen LogP contribution in [0.2, 0.25) is 4.34 Å². The fraction of sp³-hybridized carbons (Fsp3) is 0.150. The number of nitriles is 1. The number of hydrogen-bond acceptors (Lipinski definition) is 8. The number of nitrogens with one attached hydrogen (secondary N) is 1. The largest absolute Gasteiger partial charge is 0.435 e. The van der Waals surface area contributed by atoms with Crippen molar-refractivity contribution in [2.75, 3.05) is 11.2 Å². The number of carbonyl (C=O) groups is 1. The van der Waals surface area contributed by atoms with Gasteiger partial charge in [-0.05, 0) is 42.0 Å². The Hall–Kier alpha value is -3.27. The highest BCUT2D eigenvalue weighted by Gasteiger charge is 2.23. The molecule has 0 radical (unpaired) electrons. The summed E-state index contributed by atoms with van der Waals surface area (Å²) in [6, 6.07) is 14.5. The second kappa shape index (κ2) is 10.1. The SMILES string of the molecule is CS(=O)(=O)NC(=O)c1nc(N(Cc2ccc(OC(F)F)cc2)c2ccc(C#N)cc2)sc1Cl. The van der Waals surface area contributed by atoms with Crippen LogP contribution in [0.3, 0.4) is 0 Å². The third-order valence-electron chi connectivity index (χ3n) is 4.10. The molecule has 0 fully saturated rings. The molecule has 172 valence electrons. The van der Waals surface area contributed by atoms with E-state index in [2.05, 4.69) is 9.72 Å². The molecule has 0 unspecified atom stereocenters. The van der Waals surface area contributed by atoms with Crippen LogP contribution in [0.15, 0.2) is 48.5 Å². The summed E-state index contributed by atoms with van der Waals surface area (Å²) >= 11 is 7.11. The molecule has 0 aliphatic carbocycles. The van der Waals surface area contributed by atoms with Crippen LogP contribution < -0.4 is 14.4 Å². The number of aromatic nitrogens is 1. The van der Waals surface area contributed by atoms with E-state index in [9.17, 15) is 22.0 Å². The lowest BCUT2D eigenvalue weighted by atomic mass is 10.1. The molecule has 1 N–H and O–H groups in total. The smallest absolute Gasteiger partial charge is 0.387 e. The number of benzene rings is 2. The molecular formula is C20H15ClF2N4O4S2. The second-order valence-corrected chi connectivity index (χ2v) is 9.92. The Kier molecular flexibility index (Phi) is 7.47. The predicted molar refractivity (Wildman–Crippen MR) is 120 cm³/mol. The monoisotopic (exact) mass is 512 g/mol. The summed E-state index contributed by atoms with van der Waals surface area (Å²) in [4.78, 5) is 18.2. The normalized spacial score (nSPS) is 11.2. The Bertz CT molecular complexity index is 1290. The van der Waals surface area contributed by atoms with Gasteiger partial charge in [0.05, 0.1) is 24.4 Å². The van der Waals surface area contributed by atoms with E-state index in [1.807, 2.05) is 10.8 Å². The van der Waals surface area contributed by atoms with Crippen molar-refractivity contribution in [3.8, 4) is 11.8 Å². The summed E-state index contributed by atoms with van der Waals surface area (Å²) < 4.78 is 53.7. The number of hydrogen-bond donors (Lipinski definition) is 1. The van der Waals surface area contributed by atoms with Crippen molar-refractivity contribution in [3.05, 3.63) is 69.7 Å². The van der Waals surface area contributed by atoms with Crippen LogP contribution in [0.25, 0.3) is 0 Å². The van der Waals surface area contributed by atoms with E-state index in [-0.39, 0.29) is 27.5 Å². The number of amides is 1. The molecular weight excluding hydrogens is 498 g/mol. The molecule has 0 atom stereocenters. The van der Waals surface area contributed by atoms with Crippen LogP contribution in [0, 0.1) is 11.3 Å². The zero-order valence-electron chi connectivity index (χ0n) is 16.8. The standard InChI is InChI=1S/C20H15ClF2N4O4S2/c1-33(29,30)26-18(28)16-17(21)32-20(25-16)27(14-6-2-12(10-24)3-7-14)11-13-4-8-15(9-5-13)31-19(22)23/h2-9,19H,11H2,1H3,(H,26,28). The van der Waals surface area contributed by atoms with Crippen LogP contribution in [0.5, 0.6) is 5.75 Å². The van der Waals surface area contributed by atoms with Gasteiger partial charge in [0.25, 0.3) is 5.91 Å². The maximum absolute atomic E-state index is 12.4. The van der Waals surface area contributed by atoms with E-state index in [0.717, 1.165) is 17.6 Å². The number of ether oxygens (including phenoxy) is 1. The molecule has 3 aromatic rings. The highest BCUT2D eigenvalue weighted by molar-refractivity contribution is 7.89. The van der Waals surface area contributed by atoms with Crippen molar-refractivity contribution in [3.63, 3.8) is 0 Å². The molecule has 0 saturated carbocycles. The second-order valence-electron chi connectivity index (χ2n) is 6.59. The van der Waals surface area contributed by atoms with E-state index >= 15 is 0 Å². The van der Waals surface area contributed by atoms with Gasteiger partial charge in [0.2, 0.25) is 10.0 Å². The first-order valence-electron chi connectivity index (χ1n) is 9.05. The fourth-order valence-electron chi connectivity index (χ4n) is 2.71. The minimum Gasteiger partial charge on any atom is -0.435 e. The van der Waals surface area contributed by atoms with Crippen LogP contribution in [-0.4, -0.2) is 32.2 Å². The van der Waals surface area contributed by atoms with E-state index in [4.69, 9.17) is 16.9 Å². The van der Waals surface area contributed by atoms with Gasteiger partial charge in [-0.3, -0.25) is 4.79 Å². The van der Waals surface area contributed by atoms with Crippen molar-refractivity contribution >= 4 is 49.7 Å². The number of alkyl halides is 2. The Labute approximate surface area is 197 Å². The maximum Gasteiger partial charge on any atom is 0.387 e. The molecule has 0 aliphatic heterocycles. The Balaban J connectivity index is 1.96. The molecule has 8 nitrogen and oxygen atoms in total. The van der Waals surface area contributed by atoms with Crippen molar-refractivity contribution < 1.29 is 26.7 Å². The van der Waals surface area contributed by atoms with Gasteiger partial charge in [0.15, 0.2) is 10.8 Å². The van der Waals surface area contributed by atoms with E-state index < -0.39 is 22.5 Å². The van der Waals surface area contributed by atoms with Gasteiger partial charge >= 0.3 is 6.61 Å². The van der Waals surface area contributed by atoms with Gasteiger partial charge in [-0.15, -0.1) is 0 Å². The van der Waals surface area contributed by atoms with Crippen LogP contribution in [-0.2, 0) is 16.6 Å². The lowest BCUT2D eigenvalue weighted by Crippen LogP contribution is -2.29. The molecule has 33 heavy (non-hydrogen) atoms. The average molecular weight is 513 g/mol. The molecule has 3 rings (SSSR count). The van der Waals surface area contributed by atoms with Crippen LogP contribution in [0.4, 0.5) is 19.6 Å². The lowest BCUT2D eigenvalue weighted by molar-refractivity contribution is -0.0498. The van der Waals surface area contributed by atoms with Crippen molar-refractivity contribution in [2.24, 2.45) is 0 Å². The fourth-order valence-corrected chi connectivity index (χ4v) is 4.29.